The number of rotatable bonds is 10. The van der Waals surface area contributed by atoms with E-state index < -0.39 is 16.0 Å². The van der Waals surface area contributed by atoms with Gasteiger partial charge in [0.05, 0.1) is 22.5 Å². The van der Waals surface area contributed by atoms with Gasteiger partial charge in [-0.05, 0) is 49.7 Å². The van der Waals surface area contributed by atoms with Crippen molar-refractivity contribution in [1.82, 2.24) is 15.2 Å². The average molecular weight is 649 g/mol. The number of amides is 1. The number of carbonyl (C=O) groups is 2. The zero-order valence-electron chi connectivity index (χ0n) is 22.8. The van der Waals surface area contributed by atoms with E-state index in [1.807, 2.05) is 11.8 Å². The summed E-state index contributed by atoms with van der Waals surface area (Å²) in [6.45, 7) is 7.49. The fourth-order valence-corrected chi connectivity index (χ4v) is 5.39. The summed E-state index contributed by atoms with van der Waals surface area (Å²) in [5.74, 6) is -0.577. The third-order valence-corrected chi connectivity index (χ3v) is 7.92. The van der Waals surface area contributed by atoms with Crippen LogP contribution >= 0.6 is 37.2 Å². The van der Waals surface area contributed by atoms with Crippen molar-refractivity contribution >= 4 is 81.5 Å². The zero-order chi connectivity index (χ0) is 27.3. The molecule has 2 aromatic carbocycles. The standard InChI is InChI=1S/C27H33N5O5S.3ClH/c1-3-4-11-28-26(33)18-31-12-14-32(15-13-31)25-17-23(27(34)35)22-16-20(7-10-24(22)29-25)30-38(36,37)21-8-5-19(2)6-9-21;;;/h5-10,16-17,30H,3-4,11-15,18H2,1-2H3,(H,28,33)(H,34,35);3*1H. The maximum atomic E-state index is 12.8. The highest BCUT2D eigenvalue weighted by Crippen LogP contribution is 2.28. The number of halogens is 3. The summed E-state index contributed by atoms with van der Waals surface area (Å²) in [5, 5.41) is 13.2. The number of pyridine rings is 1. The number of aromatic nitrogens is 1. The number of carbonyl (C=O) groups excluding carboxylic acids is 1. The summed E-state index contributed by atoms with van der Waals surface area (Å²) in [6.07, 6.45) is 1.99. The van der Waals surface area contributed by atoms with Gasteiger partial charge in [0, 0.05) is 43.8 Å². The van der Waals surface area contributed by atoms with Crippen molar-refractivity contribution in [3.8, 4) is 0 Å². The number of piperazine rings is 1. The summed E-state index contributed by atoms with van der Waals surface area (Å²) in [5.41, 5.74) is 1.69. The van der Waals surface area contributed by atoms with E-state index >= 15 is 0 Å². The third-order valence-electron chi connectivity index (χ3n) is 6.53. The first kappa shape index (κ1) is 36.2. The van der Waals surface area contributed by atoms with Crippen LogP contribution in [0.4, 0.5) is 11.5 Å². The van der Waals surface area contributed by atoms with Gasteiger partial charge in [0.1, 0.15) is 5.82 Å². The predicted octanol–water partition coefficient (Wildman–Crippen LogP) is 4.35. The Labute approximate surface area is 259 Å². The highest BCUT2D eigenvalue weighted by atomic mass is 35.5. The molecule has 1 saturated heterocycles. The molecule has 1 amide bonds. The van der Waals surface area contributed by atoms with E-state index in [4.69, 9.17) is 0 Å². The van der Waals surface area contributed by atoms with Gasteiger partial charge in [0.2, 0.25) is 5.91 Å². The number of nitrogens with zero attached hydrogens (tertiary/aromatic N) is 3. The van der Waals surface area contributed by atoms with Gasteiger partial charge < -0.3 is 15.3 Å². The Bertz CT molecular complexity index is 1430. The van der Waals surface area contributed by atoms with E-state index in [9.17, 15) is 23.1 Å². The number of hydrogen-bond donors (Lipinski definition) is 3. The molecule has 1 aromatic heterocycles. The number of unbranched alkanes of at least 4 members (excludes halogenated alkanes) is 1. The average Bonchev–Trinajstić information content (AvgIpc) is 2.88. The molecule has 226 valence electrons. The van der Waals surface area contributed by atoms with Crippen LogP contribution in [0.2, 0.25) is 0 Å². The number of sulfonamides is 1. The van der Waals surface area contributed by atoms with Crippen LogP contribution in [0.15, 0.2) is 53.4 Å². The minimum absolute atomic E-state index is 0. The third kappa shape index (κ3) is 9.34. The number of carboxylic acid groups (broad SMARTS) is 1. The Morgan fingerprint density at radius 2 is 1.63 bits per heavy atom. The number of hydrogen-bond acceptors (Lipinski definition) is 7. The summed E-state index contributed by atoms with van der Waals surface area (Å²) < 4.78 is 28.1. The summed E-state index contributed by atoms with van der Waals surface area (Å²) in [6, 6.07) is 12.7. The molecule has 0 spiro atoms. The van der Waals surface area contributed by atoms with Gasteiger partial charge in [0.15, 0.2) is 0 Å². The van der Waals surface area contributed by atoms with Crippen LogP contribution in [0.5, 0.6) is 0 Å². The molecule has 0 atom stereocenters. The molecular formula is C27H36Cl3N5O5S. The lowest BCUT2D eigenvalue weighted by Gasteiger charge is -2.35. The number of nitrogens with one attached hydrogen (secondary N) is 2. The van der Waals surface area contributed by atoms with Crippen molar-refractivity contribution in [2.24, 2.45) is 0 Å². The second kappa shape index (κ2) is 16.0. The highest BCUT2D eigenvalue weighted by Gasteiger charge is 2.23. The fourth-order valence-electron chi connectivity index (χ4n) is 4.34. The van der Waals surface area contributed by atoms with Gasteiger partial charge >= 0.3 is 5.97 Å². The number of carboxylic acids is 1. The maximum absolute atomic E-state index is 12.8. The molecule has 41 heavy (non-hydrogen) atoms. The molecule has 0 aliphatic carbocycles. The van der Waals surface area contributed by atoms with E-state index in [0.717, 1.165) is 18.4 Å². The van der Waals surface area contributed by atoms with Crippen molar-refractivity contribution in [1.29, 1.82) is 0 Å². The van der Waals surface area contributed by atoms with E-state index in [2.05, 4.69) is 26.8 Å². The van der Waals surface area contributed by atoms with Crippen molar-refractivity contribution in [2.45, 2.75) is 31.6 Å². The van der Waals surface area contributed by atoms with Crippen molar-refractivity contribution in [3.63, 3.8) is 0 Å². The molecule has 0 saturated carbocycles. The first-order chi connectivity index (χ1) is 18.2. The molecule has 3 aromatic rings. The molecule has 14 heteroatoms. The summed E-state index contributed by atoms with van der Waals surface area (Å²) >= 11 is 0. The zero-order valence-corrected chi connectivity index (χ0v) is 26.1. The normalized spacial score (nSPS) is 13.4. The van der Waals surface area contributed by atoms with Crippen LogP contribution in [0.1, 0.15) is 35.7 Å². The largest absolute Gasteiger partial charge is 0.478 e. The second-order valence-corrected chi connectivity index (χ2v) is 11.1. The second-order valence-electron chi connectivity index (χ2n) is 9.45. The fraction of sp³-hybridized carbons (Fsp3) is 0.370. The lowest BCUT2D eigenvalue weighted by atomic mass is 10.1. The molecule has 1 aliphatic rings. The number of aromatic carboxylic acids is 1. The minimum Gasteiger partial charge on any atom is -0.478 e. The molecule has 0 bridgehead atoms. The molecule has 2 heterocycles. The van der Waals surface area contributed by atoms with E-state index in [-0.39, 0.29) is 59.3 Å². The SMILES string of the molecule is CCCCNC(=O)CN1CCN(c2cc(C(=O)O)c3cc(NS(=O)(=O)c4ccc(C)cc4)ccc3n2)CC1.Cl.Cl.Cl. The molecule has 0 radical (unpaired) electrons. The number of fused-ring (bicyclic) bond motifs is 1. The molecular weight excluding hydrogens is 613 g/mol. The van der Waals surface area contributed by atoms with Crippen molar-refractivity contribution in [3.05, 3.63) is 59.7 Å². The predicted molar refractivity (Wildman–Crippen MR) is 169 cm³/mol. The van der Waals surface area contributed by atoms with E-state index in [1.165, 1.54) is 24.3 Å². The monoisotopic (exact) mass is 647 g/mol. The topological polar surface area (TPSA) is 132 Å². The van der Waals surface area contributed by atoms with Gasteiger partial charge in [0.25, 0.3) is 10.0 Å². The molecule has 3 N–H and O–H groups in total. The van der Waals surface area contributed by atoms with E-state index in [1.54, 1.807) is 24.3 Å². The van der Waals surface area contributed by atoms with Gasteiger partial charge in [-0.15, -0.1) is 37.2 Å². The minimum atomic E-state index is -3.84. The smallest absolute Gasteiger partial charge is 0.336 e. The Morgan fingerprint density at radius 3 is 2.24 bits per heavy atom. The van der Waals surface area contributed by atoms with Crippen LogP contribution < -0.4 is 14.9 Å². The summed E-state index contributed by atoms with van der Waals surface area (Å²) in [4.78, 5) is 33.1. The van der Waals surface area contributed by atoms with Crippen LogP contribution in [0.25, 0.3) is 10.9 Å². The van der Waals surface area contributed by atoms with Crippen LogP contribution in [0, 0.1) is 6.92 Å². The number of anilines is 2. The van der Waals surface area contributed by atoms with Gasteiger partial charge in [-0.2, -0.15) is 0 Å². The molecule has 1 fully saturated rings. The summed E-state index contributed by atoms with van der Waals surface area (Å²) in [7, 11) is -3.84. The van der Waals surface area contributed by atoms with Gasteiger partial charge in [-0.25, -0.2) is 18.2 Å². The Kier molecular flexibility index (Phi) is 14.1. The molecule has 0 unspecified atom stereocenters. The number of benzene rings is 2. The first-order valence-corrected chi connectivity index (χ1v) is 14.2. The van der Waals surface area contributed by atoms with Crippen LogP contribution in [-0.2, 0) is 14.8 Å². The van der Waals surface area contributed by atoms with Gasteiger partial charge in [-0.3, -0.25) is 14.4 Å². The highest BCUT2D eigenvalue weighted by molar-refractivity contribution is 7.92. The first-order valence-electron chi connectivity index (χ1n) is 12.7. The Hall–Kier alpha value is -2.83. The lowest BCUT2D eigenvalue weighted by molar-refractivity contribution is -0.122. The van der Waals surface area contributed by atoms with E-state index in [0.29, 0.717) is 56.0 Å². The van der Waals surface area contributed by atoms with Gasteiger partial charge in [-0.1, -0.05) is 31.0 Å². The number of aryl methyl sites for hydroxylation is 1. The Balaban J connectivity index is 0.00000280. The molecule has 4 rings (SSSR count). The lowest BCUT2D eigenvalue weighted by Crippen LogP contribution is -2.49. The molecule has 1 aliphatic heterocycles. The van der Waals surface area contributed by atoms with Crippen molar-refractivity contribution < 1.29 is 23.1 Å². The van der Waals surface area contributed by atoms with Crippen LogP contribution in [-0.4, -0.2) is 74.6 Å². The maximum Gasteiger partial charge on any atom is 0.336 e. The van der Waals surface area contributed by atoms with Crippen molar-refractivity contribution in [2.75, 3.05) is 48.9 Å². The molecule has 10 nitrogen and oxygen atoms in total. The Morgan fingerprint density at radius 1 is 0.976 bits per heavy atom. The van der Waals surface area contributed by atoms with Crippen LogP contribution in [0.3, 0.4) is 0 Å². The quantitative estimate of drug-likeness (QED) is 0.277.